The second-order valence-corrected chi connectivity index (χ2v) is 7.87. The average molecular weight is 357 g/mol. The predicted octanol–water partition coefficient (Wildman–Crippen LogP) is 3.55. The number of aryl methyl sites for hydroxylation is 1. The second-order valence-electron chi connectivity index (χ2n) is 7.87. The van der Waals surface area contributed by atoms with Crippen molar-refractivity contribution in [1.82, 2.24) is 10.2 Å². The van der Waals surface area contributed by atoms with Crippen LogP contribution in [0.3, 0.4) is 0 Å². The maximum absolute atomic E-state index is 12.4. The highest BCUT2D eigenvalue weighted by Crippen LogP contribution is 2.36. The van der Waals surface area contributed by atoms with Crippen LogP contribution >= 0.6 is 0 Å². The predicted molar refractivity (Wildman–Crippen MR) is 104 cm³/mol. The van der Waals surface area contributed by atoms with Crippen LogP contribution in [0.2, 0.25) is 0 Å². The minimum absolute atomic E-state index is 0.0553. The average Bonchev–Trinajstić information content (AvgIpc) is 2.68. The van der Waals surface area contributed by atoms with Crippen molar-refractivity contribution in [3.8, 4) is 0 Å². The van der Waals surface area contributed by atoms with Gasteiger partial charge in [0.25, 0.3) is 0 Å². The molecule has 4 nitrogen and oxygen atoms in total. The molecule has 142 valence electrons. The lowest BCUT2D eigenvalue weighted by atomic mass is 9.75. The fourth-order valence-corrected chi connectivity index (χ4v) is 4.48. The molecule has 0 spiro atoms. The van der Waals surface area contributed by atoms with Crippen molar-refractivity contribution in [3.05, 3.63) is 35.9 Å². The van der Waals surface area contributed by atoms with E-state index in [2.05, 4.69) is 17.4 Å². The molecule has 1 saturated heterocycles. The molecule has 1 aromatic rings. The molecule has 1 heterocycles. The van der Waals surface area contributed by atoms with Gasteiger partial charge in [-0.15, -0.1) is 0 Å². The van der Waals surface area contributed by atoms with E-state index >= 15 is 0 Å². The molecule has 2 amide bonds. The minimum atomic E-state index is 0.0553. The molecule has 4 heteroatoms. The standard InChI is InChI=1S/C22H32N2O2/c25-21(12-6-9-18-7-2-1-3-8-18)23-15-13-22(26)24-16-14-19-10-4-5-11-20(19)17-24/h1-3,7-8,19-20H,4-6,9-17H2,(H,23,25). The second kappa shape index (κ2) is 9.75. The number of nitrogens with one attached hydrogen (secondary N) is 1. The van der Waals surface area contributed by atoms with E-state index < -0.39 is 0 Å². The molecule has 1 aromatic carbocycles. The highest BCUT2D eigenvalue weighted by molar-refractivity contribution is 5.79. The largest absolute Gasteiger partial charge is 0.356 e. The van der Waals surface area contributed by atoms with Crippen LogP contribution in [-0.4, -0.2) is 36.3 Å². The Balaban J connectivity index is 1.29. The Bertz CT molecular complexity index is 587. The number of fused-ring (bicyclic) bond motifs is 1. The molecule has 26 heavy (non-hydrogen) atoms. The van der Waals surface area contributed by atoms with E-state index in [1.165, 1.54) is 37.7 Å². The fraction of sp³-hybridized carbons (Fsp3) is 0.636. The number of carbonyl (C=O) groups excluding carboxylic acids is 2. The topological polar surface area (TPSA) is 49.4 Å². The third-order valence-corrected chi connectivity index (χ3v) is 6.02. The molecule has 2 aliphatic rings. The number of rotatable bonds is 7. The molecule has 2 atom stereocenters. The zero-order chi connectivity index (χ0) is 18.2. The number of amides is 2. The molecular formula is C22H32N2O2. The molecule has 1 N–H and O–H groups in total. The minimum Gasteiger partial charge on any atom is -0.356 e. The smallest absolute Gasteiger partial charge is 0.224 e. The van der Waals surface area contributed by atoms with Crippen LogP contribution in [0.5, 0.6) is 0 Å². The number of piperidine rings is 1. The van der Waals surface area contributed by atoms with Crippen LogP contribution < -0.4 is 5.32 Å². The Morgan fingerprint density at radius 1 is 1.00 bits per heavy atom. The number of nitrogens with zero attached hydrogens (tertiary/aromatic N) is 1. The third kappa shape index (κ3) is 5.58. The quantitative estimate of drug-likeness (QED) is 0.812. The van der Waals surface area contributed by atoms with Crippen molar-refractivity contribution in [2.75, 3.05) is 19.6 Å². The van der Waals surface area contributed by atoms with Gasteiger partial charge in [0.2, 0.25) is 11.8 Å². The van der Waals surface area contributed by atoms with Crippen molar-refractivity contribution in [2.45, 2.75) is 57.8 Å². The number of benzene rings is 1. The van der Waals surface area contributed by atoms with Gasteiger partial charge in [0.1, 0.15) is 0 Å². The van der Waals surface area contributed by atoms with Crippen LogP contribution in [0.1, 0.15) is 56.9 Å². The first kappa shape index (κ1) is 18.9. The molecule has 2 fully saturated rings. The Labute approximate surface area is 157 Å². The number of carbonyl (C=O) groups is 2. The molecule has 0 bridgehead atoms. The highest BCUT2D eigenvalue weighted by Gasteiger charge is 2.32. The normalized spacial score (nSPS) is 22.5. The summed E-state index contributed by atoms with van der Waals surface area (Å²) in [7, 11) is 0. The van der Waals surface area contributed by atoms with Gasteiger partial charge in [-0.3, -0.25) is 9.59 Å². The monoisotopic (exact) mass is 356 g/mol. The zero-order valence-electron chi connectivity index (χ0n) is 15.8. The summed E-state index contributed by atoms with van der Waals surface area (Å²) in [5.41, 5.74) is 1.27. The van der Waals surface area contributed by atoms with E-state index in [1.54, 1.807) is 0 Å². The van der Waals surface area contributed by atoms with Gasteiger partial charge in [-0.05, 0) is 43.1 Å². The van der Waals surface area contributed by atoms with Gasteiger partial charge in [0, 0.05) is 32.5 Å². The maximum atomic E-state index is 12.4. The summed E-state index contributed by atoms with van der Waals surface area (Å²) in [6.07, 6.45) is 9.22. The Hall–Kier alpha value is -1.84. The summed E-state index contributed by atoms with van der Waals surface area (Å²) in [5, 5.41) is 2.91. The Morgan fingerprint density at radius 3 is 2.58 bits per heavy atom. The van der Waals surface area contributed by atoms with Gasteiger partial charge in [0.15, 0.2) is 0 Å². The van der Waals surface area contributed by atoms with Crippen molar-refractivity contribution >= 4 is 11.8 Å². The molecule has 1 saturated carbocycles. The first-order valence-electron chi connectivity index (χ1n) is 10.3. The van der Waals surface area contributed by atoms with Gasteiger partial charge in [-0.2, -0.15) is 0 Å². The number of likely N-dealkylation sites (tertiary alicyclic amines) is 1. The van der Waals surface area contributed by atoms with Crippen molar-refractivity contribution in [2.24, 2.45) is 11.8 Å². The van der Waals surface area contributed by atoms with E-state index in [9.17, 15) is 9.59 Å². The van der Waals surface area contributed by atoms with Gasteiger partial charge >= 0.3 is 0 Å². The number of hydrogen-bond acceptors (Lipinski definition) is 2. The zero-order valence-corrected chi connectivity index (χ0v) is 15.8. The summed E-state index contributed by atoms with van der Waals surface area (Å²) in [6, 6.07) is 10.2. The summed E-state index contributed by atoms with van der Waals surface area (Å²) in [4.78, 5) is 26.4. The van der Waals surface area contributed by atoms with E-state index in [0.717, 1.165) is 31.8 Å². The van der Waals surface area contributed by atoms with Gasteiger partial charge in [0.05, 0.1) is 0 Å². The van der Waals surface area contributed by atoms with Gasteiger partial charge in [-0.1, -0.05) is 49.6 Å². The molecule has 1 aliphatic heterocycles. The van der Waals surface area contributed by atoms with Crippen LogP contribution in [0, 0.1) is 11.8 Å². The van der Waals surface area contributed by atoms with Crippen molar-refractivity contribution in [1.29, 1.82) is 0 Å². The summed E-state index contributed by atoms with van der Waals surface area (Å²) in [5.74, 6) is 1.82. The summed E-state index contributed by atoms with van der Waals surface area (Å²) >= 11 is 0. The molecule has 0 aromatic heterocycles. The SMILES string of the molecule is O=C(CCCc1ccccc1)NCCC(=O)N1CCC2CCCCC2C1. The van der Waals surface area contributed by atoms with Crippen molar-refractivity contribution in [3.63, 3.8) is 0 Å². The highest BCUT2D eigenvalue weighted by atomic mass is 16.2. The fourth-order valence-electron chi connectivity index (χ4n) is 4.48. The van der Waals surface area contributed by atoms with Gasteiger partial charge in [-0.25, -0.2) is 0 Å². The van der Waals surface area contributed by atoms with E-state index in [4.69, 9.17) is 0 Å². The summed E-state index contributed by atoms with van der Waals surface area (Å²) < 4.78 is 0. The first-order valence-corrected chi connectivity index (χ1v) is 10.3. The van der Waals surface area contributed by atoms with Crippen molar-refractivity contribution < 1.29 is 9.59 Å². The lowest BCUT2D eigenvalue weighted by Gasteiger charge is -2.41. The maximum Gasteiger partial charge on any atom is 0.224 e. The molecule has 0 radical (unpaired) electrons. The van der Waals surface area contributed by atoms with E-state index in [0.29, 0.717) is 25.3 Å². The van der Waals surface area contributed by atoms with Gasteiger partial charge < -0.3 is 10.2 Å². The lowest BCUT2D eigenvalue weighted by molar-refractivity contribution is -0.134. The van der Waals surface area contributed by atoms with E-state index in [1.807, 2.05) is 23.1 Å². The Morgan fingerprint density at radius 2 is 1.77 bits per heavy atom. The number of hydrogen-bond donors (Lipinski definition) is 1. The van der Waals surface area contributed by atoms with E-state index in [-0.39, 0.29) is 11.8 Å². The van der Waals surface area contributed by atoms with Crippen LogP contribution in [0.4, 0.5) is 0 Å². The molecular weight excluding hydrogens is 324 g/mol. The molecule has 3 rings (SSSR count). The van der Waals surface area contributed by atoms with Crippen LogP contribution in [0.15, 0.2) is 30.3 Å². The summed E-state index contributed by atoms with van der Waals surface area (Å²) in [6.45, 7) is 2.31. The molecule has 1 aliphatic carbocycles. The first-order chi connectivity index (χ1) is 12.7. The third-order valence-electron chi connectivity index (χ3n) is 6.02. The Kier molecular flexibility index (Phi) is 7.10. The van der Waals surface area contributed by atoms with Crippen LogP contribution in [-0.2, 0) is 16.0 Å². The lowest BCUT2D eigenvalue weighted by Crippen LogP contribution is -2.45. The molecule has 2 unspecified atom stereocenters. The van der Waals surface area contributed by atoms with Crippen LogP contribution in [0.25, 0.3) is 0 Å².